The maximum Gasteiger partial charge on any atom is 0.232 e. The Hall–Kier alpha value is -2.88. The zero-order chi connectivity index (χ0) is 18.8. The summed E-state index contributed by atoms with van der Waals surface area (Å²) in [7, 11) is 0. The van der Waals surface area contributed by atoms with E-state index in [9.17, 15) is 0 Å². The molecule has 0 N–H and O–H groups in total. The van der Waals surface area contributed by atoms with Crippen molar-refractivity contribution in [2.24, 2.45) is 0 Å². The summed E-state index contributed by atoms with van der Waals surface area (Å²) in [6.45, 7) is 8.43. The van der Waals surface area contributed by atoms with Crippen molar-refractivity contribution < 1.29 is 0 Å². The second kappa shape index (κ2) is 7.39. The van der Waals surface area contributed by atoms with E-state index in [-0.39, 0.29) is 0 Å². The highest BCUT2D eigenvalue weighted by molar-refractivity contribution is 5.71. The molecule has 1 aromatic heterocycles. The lowest BCUT2D eigenvalue weighted by molar-refractivity contribution is 0.736. The van der Waals surface area contributed by atoms with Crippen LogP contribution in [0.5, 0.6) is 0 Å². The summed E-state index contributed by atoms with van der Waals surface area (Å²) in [5, 5.41) is 0. The number of rotatable bonds is 5. The molecule has 0 aliphatic carbocycles. The first-order valence-electron chi connectivity index (χ1n) is 9.77. The third-order valence-corrected chi connectivity index (χ3v) is 5.28. The van der Waals surface area contributed by atoms with Gasteiger partial charge in [-0.3, -0.25) is 0 Å². The van der Waals surface area contributed by atoms with Gasteiger partial charge in [-0.05, 0) is 38.8 Å². The molecule has 0 saturated heterocycles. The fourth-order valence-electron chi connectivity index (χ4n) is 3.87. The second-order valence-corrected chi connectivity index (χ2v) is 7.00. The molecule has 1 aliphatic rings. The van der Waals surface area contributed by atoms with Gasteiger partial charge >= 0.3 is 0 Å². The number of hydrogen-bond acceptors (Lipinski definition) is 4. The van der Waals surface area contributed by atoms with Gasteiger partial charge in [0, 0.05) is 36.4 Å². The molecule has 0 amide bonds. The molecule has 0 bridgehead atoms. The first kappa shape index (κ1) is 17.5. The number of hydrogen-bond donors (Lipinski definition) is 0. The fraction of sp³-hybridized carbons (Fsp3) is 0.304. The topological polar surface area (TPSA) is 32.3 Å². The van der Waals surface area contributed by atoms with Crippen molar-refractivity contribution >= 4 is 17.5 Å². The number of para-hydroxylation sites is 1. The van der Waals surface area contributed by atoms with Crippen molar-refractivity contribution in [2.45, 2.75) is 33.2 Å². The van der Waals surface area contributed by atoms with Crippen LogP contribution < -0.4 is 9.80 Å². The standard InChI is InChI=1S/C23H26N4/c1-4-26(5-2)22-16-20(18-11-7-6-8-12-18)24-23(25-22)27-17(3)15-19-13-9-10-14-21(19)27/h6-14,16-17H,4-5,15H2,1-3H3. The molecule has 2 aromatic carbocycles. The predicted octanol–water partition coefficient (Wildman–Crippen LogP) is 5.07. The Labute approximate surface area is 161 Å². The predicted molar refractivity (Wildman–Crippen MR) is 113 cm³/mol. The molecule has 4 rings (SSSR count). The maximum atomic E-state index is 4.97. The van der Waals surface area contributed by atoms with Gasteiger partial charge in [0.05, 0.1) is 5.69 Å². The van der Waals surface area contributed by atoms with Crippen LogP contribution in [0.25, 0.3) is 11.3 Å². The minimum atomic E-state index is 0.345. The molecule has 0 fully saturated rings. The zero-order valence-corrected chi connectivity index (χ0v) is 16.3. The highest BCUT2D eigenvalue weighted by Gasteiger charge is 2.29. The Kier molecular flexibility index (Phi) is 4.80. The fourth-order valence-corrected chi connectivity index (χ4v) is 3.87. The average molecular weight is 358 g/mol. The van der Waals surface area contributed by atoms with Crippen LogP contribution in [0.15, 0.2) is 60.7 Å². The quantitative estimate of drug-likeness (QED) is 0.637. The number of nitrogens with zero attached hydrogens (tertiary/aromatic N) is 4. The van der Waals surface area contributed by atoms with Crippen LogP contribution in [0.3, 0.4) is 0 Å². The minimum Gasteiger partial charge on any atom is -0.357 e. The van der Waals surface area contributed by atoms with Crippen LogP contribution in [0.4, 0.5) is 17.5 Å². The lowest BCUT2D eigenvalue weighted by atomic mass is 10.1. The summed E-state index contributed by atoms with van der Waals surface area (Å²) in [6.07, 6.45) is 1.02. The molecule has 27 heavy (non-hydrogen) atoms. The number of benzene rings is 2. The molecule has 4 nitrogen and oxygen atoms in total. The molecule has 3 aromatic rings. The molecule has 4 heteroatoms. The van der Waals surface area contributed by atoms with Crippen LogP contribution in [-0.2, 0) is 6.42 Å². The number of fused-ring (bicyclic) bond motifs is 1. The molecule has 138 valence electrons. The van der Waals surface area contributed by atoms with Gasteiger partial charge in [-0.15, -0.1) is 0 Å². The smallest absolute Gasteiger partial charge is 0.232 e. The minimum absolute atomic E-state index is 0.345. The van der Waals surface area contributed by atoms with Gasteiger partial charge in [-0.1, -0.05) is 48.5 Å². The SMILES string of the molecule is CCN(CC)c1cc(-c2ccccc2)nc(N2c3ccccc3CC2C)n1. The van der Waals surface area contributed by atoms with Gasteiger partial charge in [-0.2, -0.15) is 4.98 Å². The molecule has 1 unspecified atom stereocenters. The number of anilines is 3. The Bertz CT molecular complexity index is 919. The average Bonchev–Trinajstić information content (AvgIpc) is 3.05. The van der Waals surface area contributed by atoms with E-state index < -0.39 is 0 Å². The number of aromatic nitrogens is 2. The third-order valence-electron chi connectivity index (χ3n) is 5.28. The van der Waals surface area contributed by atoms with E-state index in [1.807, 2.05) is 6.07 Å². The molecule has 1 aliphatic heterocycles. The molecule has 2 heterocycles. The van der Waals surface area contributed by atoms with Crippen molar-refractivity contribution in [3.05, 3.63) is 66.2 Å². The Morgan fingerprint density at radius 3 is 2.41 bits per heavy atom. The summed E-state index contributed by atoms with van der Waals surface area (Å²) >= 11 is 0. The molecule has 0 radical (unpaired) electrons. The van der Waals surface area contributed by atoms with Gasteiger partial charge in [-0.25, -0.2) is 4.98 Å². The van der Waals surface area contributed by atoms with E-state index in [0.717, 1.165) is 42.5 Å². The van der Waals surface area contributed by atoms with Crippen molar-refractivity contribution in [3.63, 3.8) is 0 Å². The normalized spacial score (nSPS) is 15.7. The summed E-state index contributed by atoms with van der Waals surface area (Å²) in [4.78, 5) is 14.5. The second-order valence-electron chi connectivity index (χ2n) is 7.00. The molecule has 0 spiro atoms. The largest absolute Gasteiger partial charge is 0.357 e. The first-order chi connectivity index (χ1) is 13.2. The van der Waals surface area contributed by atoms with E-state index in [1.54, 1.807) is 0 Å². The van der Waals surface area contributed by atoms with E-state index in [0.29, 0.717) is 6.04 Å². The van der Waals surface area contributed by atoms with Crippen LogP contribution in [0.1, 0.15) is 26.3 Å². The Balaban J connectivity index is 1.86. The van der Waals surface area contributed by atoms with Crippen LogP contribution >= 0.6 is 0 Å². The van der Waals surface area contributed by atoms with Gasteiger partial charge < -0.3 is 9.80 Å². The summed E-state index contributed by atoms with van der Waals surface area (Å²) < 4.78 is 0. The summed E-state index contributed by atoms with van der Waals surface area (Å²) in [5.74, 6) is 1.77. The summed E-state index contributed by atoms with van der Waals surface area (Å²) in [5.41, 5.74) is 4.68. The van der Waals surface area contributed by atoms with Gasteiger partial charge in [0.1, 0.15) is 5.82 Å². The molecule has 1 atom stereocenters. The van der Waals surface area contributed by atoms with E-state index in [1.165, 1.54) is 11.3 Å². The molecular formula is C23H26N4. The molecule has 0 saturated carbocycles. The van der Waals surface area contributed by atoms with Crippen LogP contribution in [0, 0.1) is 0 Å². The van der Waals surface area contributed by atoms with E-state index in [4.69, 9.17) is 9.97 Å². The van der Waals surface area contributed by atoms with E-state index in [2.05, 4.69) is 85.2 Å². The lowest BCUT2D eigenvalue weighted by Gasteiger charge is -2.26. The zero-order valence-electron chi connectivity index (χ0n) is 16.3. The van der Waals surface area contributed by atoms with Gasteiger partial charge in [0.2, 0.25) is 5.95 Å². The maximum absolute atomic E-state index is 4.97. The van der Waals surface area contributed by atoms with Crippen molar-refractivity contribution in [1.82, 2.24) is 9.97 Å². The third kappa shape index (κ3) is 3.27. The van der Waals surface area contributed by atoms with Crippen LogP contribution in [-0.4, -0.2) is 29.1 Å². The Morgan fingerprint density at radius 1 is 0.963 bits per heavy atom. The monoisotopic (exact) mass is 358 g/mol. The Morgan fingerprint density at radius 2 is 1.67 bits per heavy atom. The highest BCUT2D eigenvalue weighted by Crippen LogP contribution is 2.38. The van der Waals surface area contributed by atoms with Gasteiger partial charge in [0.25, 0.3) is 0 Å². The highest BCUT2D eigenvalue weighted by atomic mass is 15.3. The van der Waals surface area contributed by atoms with Crippen LogP contribution in [0.2, 0.25) is 0 Å². The van der Waals surface area contributed by atoms with Crippen molar-refractivity contribution in [3.8, 4) is 11.3 Å². The first-order valence-corrected chi connectivity index (χ1v) is 9.77. The molecular weight excluding hydrogens is 332 g/mol. The lowest BCUT2D eigenvalue weighted by Crippen LogP contribution is -2.28. The van der Waals surface area contributed by atoms with E-state index >= 15 is 0 Å². The summed E-state index contributed by atoms with van der Waals surface area (Å²) in [6, 6.07) is 21.4. The van der Waals surface area contributed by atoms with Gasteiger partial charge in [0.15, 0.2) is 0 Å². The van der Waals surface area contributed by atoms with Crippen molar-refractivity contribution in [2.75, 3.05) is 22.9 Å². The van der Waals surface area contributed by atoms with Crippen molar-refractivity contribution in [1.29, 1.82) is 0 Å².